The van der Waals surface area contributed by atoms with Gasteiger partial charge in [0.2, 0.25) is 0 Å². The number of carbonyl (C=O) groups excluding carboxylic acids is 1. The van der Waals surface area contributed by atoms with Gasteiger partial charge >= 0.3 is 5.97 Å². The quantitative estimate of drug-likeness (QED) is 0.670. The van der Waals surface area contributed by atoms with Gasteiger partial charge in [0.1, 0.15) is 0 Å². The van der Waals surface area contributed by atoms with Crippen LogP contribution < -0.4 is 0 Å². The molecule has 0 bridgehead atoms. The predicted molar refractivity (Wildman–Crippen MR) is 55.9 cm³/mol. The molecule has 3 nitrogen and oxygen atoms in total. The molecule has 0 aliphatic heterocycles. The van der Waals surface area contributed by atoms with E-state index in [9.17, 15) is 4.79 Å². The van der Waals surface area contributed by atoms with Crippen LogP contribution in [0.4, 0.5) is 0 Å². The van der Waals surface area contributed by atoms with Crippen LogP contribution in [-0.4, -0.2) is 23.8 Å². The highest BCUT2D eigenvalue weighted by molar-refractivity contribution is 5.72. The second kappa shape index (κ2) is 6.82. The van der Waals surface area contributed by atoms with E-state index in [1.165, 1.54) is 0 Å². The molecule has 1 atom stereocenters. The lowest BCUT2D eigenvalue weighted by atomic mass is 9.98. The third-order valence-corrected chi connectivity index (χ3v) is 2.00. The van der Waals surface area contributed by atoms with Crippen molar-refractivity contribution in [1.29, 1.82) is 0 Å². The van der Waals surface area contributed by atoms with Crippen molar-refractivity contribution >= 4 is 5.97 Å². The smallest absolute Gasteiger partial charge is 0.311 e. The lowest BCUT2D eigenvalue weighted by molar-refractivity contribution is -0.154. The number of rotatable bonds is 6. The molecule has 0 fully saturated rings. The summed E-state index contributed by atoms with van der Waals surface area (Å²) in [5, 5.41) is 9.02. The monoisotopic (exact) mass is 202 g/mol. The maximum Gasteiger partial charge on any atom is 0.311 e. The molecule has 0 radical (unpaired) electrons. The molecule has 0 amide bonds. The Balaban J connectivity index is 3.93. The fourth-order valence-corrected chi connectivity index (χ4v) is 1.15. The fraction of sp³-hybridized carbons (Fsp3) is 0.909. The Morgan fingerprint density at radius 3 is 2.14 bits per heavy atom. The summed E-state index contributed by atoms with van der Waals surface area (Å²) in [7, 11) is 0. The Labute approximate surface area is 86.5 Å². The molecule has 0 aliphatic rings. The summed E-state index contributed by atoms with van der Waals surface area (Å²) in [6.45, 7) is 7.71. The number of esters is 1. The second-order valence-corrected chi connectivity index (χ2v) is 4.34. The van der Waals surface area contributed by atoms with Crippen molar-refractivity contribution in [3.05, 3.63) is 0 Å². The normalized spacial score (nSPS) is 13.4. The zero-order valence-electron chi connectivity index (χ0n) is 9.62. The van der Waals surface area contributed by atoms with Crippen molar-refractivity contribution in [2.75, 3.05) is 6.61 Å². The molecule has 0 spiro atoms. The molecule has 84 valence electrons. The minimum atomic E-state index is -0.347. The summed E-state index contributed by atoms with van der Waals surface area (Å²) in [5.41, 5.74) is 0. The van der Waals surface area contributed by atoms with Crippen molar-refractivity contribution in [3.8, 4) is 0 Å². The highest BCUT2D eigenvalue weighted by Crippen LogP contribution is 2.14. The summed E-state index contributed by atoms with van der Waals surface area (Å²) in [6, 6.07) is 0. The van der Waals surface area contributed by atoms with Crippen LogP contribution in [0.15, 0.2) is 0 Å². The molecular formula is C11H22O3. The predicted octanol–water partition coefficient (Wildman–Crippen LogP) is 1.98. The number of aliphatic hydroxyl groups excluding tert-OH is 1. The molecule has 0 rings (SSSR count). The van der Waals surface area contributed by atoms with Gasteiger partial charge in [0.15, 0.2) is 0 Å². The summed E-state index contributed by atoms with van der Waals surface area (Å²) >= 11 is 0. The third-order valence-electron chi connectivity index (χ3n) is 2.00. The summed E-state index contributed by atoms with van der Waals surface area (Å²) in [6.07, 6.45) is 1.55. The van der Waals surface area contributed by atoms with E-state index in [1.807, 2.05) is 13.8 Å². The van der Waals surface area contributed by atoms with Crippen molar-refractivity contribution in [1.82, 2.24) is 0 Å². The van der Waals surface area contributed by atoms with Crippen LogP contribution in [0.1, 0.15) is 40.5 Å². The Morgan fingerprint density at radius 1 is 1.21 bits per heavy atom. The molecule has 0 heterocycles. The van der Waals surface area contributed by atoms with Crippen molar-refractivity contribution in [2.24, 2.45) is 11.8 Å². The molecular weight excluding hydrogens is 180 g/mol. The number of ether oxygens (including phenoxy) is 1. The van der Waals surface area contributed by atoms with E-state index in [4.69, 9.17) is 9.84 Å². The van der Waals surface area contributed by atoms with Crippen LogP contribution in [0.3, 0.4) is 0 Å². The van der Waals surface area contributed by atoms with Gasteiger partial charge in [0.05, 0.1) is 18.6 Å². The lowest BCUT2D eigenvalue weighted by Crippen LogP contribution is -2.24. The van der Waals surface area contributed by atoms with Crippen LogP contribution in [0.5, 0.6) is 0 Å². The topological polar surface area (TPSA) is 46.5 Å². The van der Waals surface area contributed by atoms with Crippen molar-refractivity contribution in [2.45, 2.75) is 46.6 Å². The van der Waals surface area contributed by atoms with Gasteiger partial charge in [-0.1, -0.05) is 20.3 Å². The maximum absolute atomic E-state index is 11.4. The van der Waals surface area contributed by atoms with E-state index in [0.717, 1.165) is 6.42 Å². The minimum absolute atomic E-state index is 0.101. The van der Waals surface area contributed by atoms with Gasteiger partial charge in [0, 0.05) is 0 Å². The number of carbonyl (C=O) groups is 1. The highest BCUT2D eigenvalue weighted by Gasteiger charge is 2.20. The highest BCUT2D eigenvalue weighted by atomic mass is 16.5. The third kappa shape index (κ3) is 5.97. The van der Waals surface area contributed by atoms with Crippen LogP contribution in [0.25, 0.3) is 0 Å². The van der Waals surface area contributed by atoms with E-state index in [2.05, 4.69) is 13.8 Å². The Hall–Kier alpha value is -0.570. The van der Waals surface area contributed by atoms with Crippen LogP contribution in [-0.2, 0) is 9.53 Å². The molecule has 0 aromatic heterocycles. The summed E-state index contributed by atoms with van der Waals surface area (Å²) < 4.78 is 5.04. The molecule has 1 N–H and O–H groups in total. The maximum atomic E-state index is 11.4. The Bertz CT molecular complexity index is 164. The van der Waals surface area contributed by atoms with Gasteiger partial charge in [-0.05, 0) is 26.2 Å². The van der Waals surface area contributed by atoms with Gasteiger partial charge in [0.25, 0.3) is 0 Å². The van der Waals surface area contributed by atoms with E-state index in [0.29, 0.717) is 12.3 Å². The average Bonchev–Trinajstić information content (AvgIpc) is 2.03. The summed E-state index contributed by atoms with van der Waals surface area (Å²) in [4.78, 5) is 11.4. The second-order valence-electron chi connectivity index (χ2n) is 4.34. The largest absolute Gasteiger partial charge is 0.463 e. The Morgan fingerprint density at radius 2 is 1.79 bits per heavy atom. The number of hydrogen-bond acceptors (Lipinski definition) is 3. The van der Waals surface area contributed by atoms with Crippen LogP contribution >= 0.6 is 0 Å². The standard InChI is InChI=1S/C11H22O3/c1-8(2)5-6-10(7-12)11(13)14-9(3)4/h8-10,12H,5-7H2,1-4H3. The molecule has 1 unspecified atom stereocenters. The molecule has 0 aromatic carbocycles. The van der Waals surface area contributed by atoms with E-state index >= 15 is 0 Å². The zero-order valence-corrected chi connectivity index (χ0v) is 9.62. The van der Waals surface area contributed by atoms with Gasteiger partial charge < -0.3 is 9.84 Å². The van der Waals surface area contributed by atoms with E-state index < -0.39 is 0 Å². The first-order valence-electron chi connectivity index (χ1n) is 5.28. The minimum Gasteiger partial charge on any atom is -0.463 e. The first-order chi connectivity index (χ1) is 6.47. The van der Waals surface area contributed by atoms with Gasteiger partial charge in [-0.2, -0.15) is 0 Å². The van der Waals surface area contributed by atoms with Crippen molar-refractivity contribution in [3.63, 3.8) is 0 Å². The van der Waals surface area contributed by atoms with Gasteiger partial charge in [-0.3, -0.25) is 4.79 Å². The SMILES string of the molecule is CC(C)CCC(CO)C(=O)OC(C)C. The number of hydrogen-bond donors (Lipinski definition) is 1. The fourth-order valence-electron chi connectivity index (χ4n) is 1.15. The lowest BCUT2D eigenvalue weighted by Gasteiger charge is -2.16. The first kappa shape index (κ1) is 13.4. The van der Waals surface area contributed by atoms with Crippen LogP contribution in [0, 0.1) is 11.8 Å². The summed E-state index contributed by atoms with van der Waals surface area (Å²) in [5.74, 6) is -0.0705. The molecule has 0 aromatic rings. The van der Waals surface area contributed by atoms with Gasteiger partial charge in [-0.15, -0.1) is 0 Å². The average molecular weight is 202 g/mol. The van der Waals surface area contributed by atoms with Gasteiger partial charge in [-0.25, -0.2) is 0 Å². The zero-order chi connectivity index (χ0) is 11.1. The number of aliphatic hydroxyl groups is 1. The van der Waals surface area contributed by atoms with Crippen LogP contribution in [0.2, 0.25) is 0 Å². The Kier molecular flexibility index (Phi) is 6.54. The van der Waals surface area contributed by atoms with Crippen molar-refractivity contribution < 1.29 is 14.6 Å². The molecule has 3 heteroatoms. The van der Waals surface area contributed by atoms with E-state index in [1.54, 1.807) is 0 Å². The molecule has 0 aliphatic carbocycles. The molecule has 0 saturated heterocycles. The molecule has 0 saturated carbocycles. The van der Waals surface area contributed by atoms with E-state index in [-0.39, 0.29) is 24.6 Å². The molecule has 14 heavy (non-hydrogen) atoms. The first-order valence-corrected chi connectivity index (χ1v) is 5.28.